The molecule has 0 saturated carbocycles. The zero-order valence-corrected chi connectivity index (χ0v) is 12.9. The molecule has 0 bridgehead atoms. The van der Waals surface area contributed by atoms with Gasteiger partial charge in [0.25, 0.3) is 0 Å². The standard InChI is InChI=1S/C16H25NO3/c1-11(10-16(5,17)14(18)19)20-13-8-6-7-12(9-13)15(2,3)4/h6-9,11H,10,17H2,1-5H3,(H,18,19). The fourth-order valence-corrected chi connectivity index (χ4v) is 1.99. The Kier molecular flexibility index (Phi) is 4.81. The number of hydrogen-bond acceptors (Lipinski definition) is 3. The highest BCUT2D eigenvalue weighted by Crippen LogP contribution is 2.26. The zero-order valence-electron chi connectivity index (χ0n) is 12.9. The average Bonchev–Trinajstić information content (AvgIpc) is 2.26. The van der Waals surface area contributed by atoms with Crippen LogP contribution in [0.1, 0.15) is 46.6 Å². The molecule has 0 amide bonds. The van der Waals surface area contributed by atoms with E-state index >= 15 is 0 Å². The second kappa shape index (κ2) is 5.83. The van der Waals surface area contributed by atoms with Gasteiger partial charge in [-0.1, -0.05) is 32.9 Å². The normalized spacial score (nSPS) is 16.3. The molecule has 1 rings (SSSR count). The molecule has 2 unspecified atom stereocenters. The average molecular weight is 279 g/mol. The van der Waals surface area contributed by atoms with Crippen LogP contribution in [0.25, 0.3) is 0 Å². The van der Waals surface area contributed by atoms with E-state index in [-0.39, 0.29) is 17.9 Å². The third-order valence-electron chi connectivity index (χ3n) is 3.24. The van der Waals surface area contributed by atoms with E-state index in [1.165, 1.54) is 12.5 Å². The molecule has 0 radical (unpaired) electrons. The molecule has 0 aliphatic carbocycles. The molecular formula is C16H25NO3. The van der Waals surface area contributed by atoms with E-state index in [9.17, 15) is 4.79 Å². The molecule has 0 saturated heterocycles. The molecule has 0 fully saturated rings. The SMILES string of the molecule is CC(CC(C)(N)C(=O)O)Oc1cccc(C(C)(C)C)c1. The Morgan fingerprint density at radius 2 is 1.95 bits per heavy atom. The lowest BCUT2D eigenvalue weighted by Crippen LogP contribution is -2.47. The van der Waals surface area contributed by atoms with Crippen molar-refractivity contribution in [1.82, 2.24) is 0 Å². The molecule has 4 heteroatoms. The van der Waals surface area contributed by atoms with E-state index in [4.69, 9.17) is 15.6 Å². The number of benzene rings is 1. The molecule has 1 aromatic rings. The third kappa shape index (κ3) is 4.53. The van der Waals surface area contributed by atoms with Crippen LogP contribution in [-0.2, 0) is 10.2 Å². The molecule has 0 heterocycles. The van der Waals surface area contributed by atoms with Gasteiger partial charge < -0.3 is 15.6 Å². The second-order valence-corrected chi connectivity index (χ2v) is 6.63. The Balaban J connectivity index is 2.77. The first-order valence-corrected chi connectivity index (χ1v) is 6.82. The van der Waals surface area contributed by atoms with Crippen molar-refractivity contribution in [3.8, 4) is 5.75 Å². The first-order valence-electron chi connectivity index (χ1n) is 6.82. The van der Waals surface area contributed by atoms with E-state index in [0.717, 1.165) is 5.75 Å². The van der Waals surface area contributed by atoms with Gasteiger partial charge in [-0.2, -0.15) is 0 Å². The minimum absolute atomic E-state index is 0.0477. The Morgan fingerprint density at radius 1 is 1.35 bits per heavy atom. The highest BCUT2D eigenvalue weighted by Gasteiger charge is 2.30. The highest BCUT2D eigenvalue weighted by molar-refractivity contribution is 5.77. The molecule has 0 aromatic heterocycles. The first-order chi connectivity index (χ1) is 9.02. The number of ether oxygens (including phenoxy) is 1. The van der Waals surface area contributed by atoms with Gasteiger partial charge in [-0.15, -0.1) is 0 Å². The molecule has 112 valence electrons. The summed E-state index contributed by atoms with van der Waals surface area (Å²) in [6.07, 6.45) is -0.0152. The summed E-state index contributed by atoms with van der Waals surface area (Å²) in [7, 11) is 0. The summed E-state index contributed by atoms with van der Waals surface area (Å²) in [6, 6.07) is 7.87. The van der Waals surface area contributed by atoms with Crippen LogP contribution < -0.4 is 10.5 Å². The van der Waals surface area contributed by atoms with Crippen LogP contribution in [-0.4, -0.2) is 22.7 Å². The van der Waals surface area contributed by atoms with Crippen molar-refractivity contribution < 1.29 is 14.6 Å². The molecule has 3 N–H and O–H groups in total. The van der Waals surface area contributed by atoms with Crippen LogP contribution in [0.15, 0.2) is 24.3 Å². The van der Waals surface area contributed by atoms with Crippen LogP contribution in [0.4, 0.5) is 0 Å². The topological polar surface area (TPSA) is 72.6 Å². The summed E-state index contributed by atoms with van der Waals surface area (Å²) < 4.78 is 5.79. The number of carboxylic acid groups (broad SMARTS) is 1. The Hall–Kier alpha value is -1.55. The fourth-order valence-electron chi connectivity index (χ4n) is 1.99. The fraction of sp³-hybridized carbons (Fsp3) is 0.562. The second-order valence-electron chi connectivity index (χ2n) is 6.63. The van der Waals surface area contributed by atoms with Crippen molar-refractivity contribution in [2.75, 3.05) is 0 Å². The van der Waals surface area contributed by atoms with Gasteiger partial charge >= 0.3 is 5.97 Å². The van der Waals surface area contributed by atoms with Crippen molar-refractivity contribution in [3.05, 3.63) is 29.8 Å². The van der Waals surface area contributed by atoms with Crippen molar-refractivity contribution in [1.29, 1.82) is 0 Å². The molecular weight excluding hydrogens is 254 g/mol. The summed E-state index contributed by atoms with van der Waals surface area (Å²) in [4.78, 5) is 11.0. The lowest BCUT2D eigenvalue weighted by Gasteiger charge is -2.25. The van der Waals surface area contributed by atoms with E-state index < -0.39 is 11.5 Å². The molecule has 2 atom stereocenters. The monoisotopic (exact) mass is 279 g/mol. The van der Waals surface area contributed by atoms with Crippen LogP contribution in [0, 0.1) is 0 Å². The number of carboxylic acids is 1. The number of nitrogens with two attached hydrogens (primary N) is 1. The Morgan fingerprint density at radius 3 is 2.45 bits per heavy atom. The van der Waals surface area contributed by atoms with Crippen molar-refractivity contribution in [2.24, 2.45) is 5.73 Å². The third-order valence-corrected chi connectivity index (χ3v) is 3.24. The maximum absolute atomic E-state index is 11.0. The van der Waals surface area contributed by atoms with Gasteiger partial charge in [0.05, 0.1) is 6.10 Å². The van der Waals surface area contributed by atoms with Crippen LogP contribution in [0.3, 0.4) is 0 Å². The van der Waals surface area contributed by atoms with Gasteiger partial charge in [-0.3, -0.25) is 4.79 Å². The highest BCUT2D eigenvalue weighted by atomic mass is 16.5. The summed E-state index contributed by atoms with van der Waals surface area (Å²) in [5.74, 6) is -0.275. The maximum atomic E-state index is 11.0. The summed E-state index contributed by atoms with van der Waals surface area (Å²) in [5.41, 5.74) is 5.68. The molecule has 0 aliphatic heterocycles. The van der Waals surface area contributed by atoms with Crippen molar-refractivity contribution in [3.63, 3.8) is 0 Å². The quantitative estimate of drug-likeness (QED) is 0.869. The number of rotatable bonds is 5. The van der Waals surface area contributed by atoms with E-state index in [1.54, 1.807) is 0 Å². The molecule has 1 aromatic carbocycles. The molecule has 4 nitrogen and oxygen atoms in total. The maximum Gasteiger partial charge on any atom is 0.323 e. The van der Waals surface area contributed by atoms with Gasteiger partial charge in [-0.05, 0) is 37.0 Å². The van der Waals surface area contributed by atoms with Crippen LogP contribution in [0.5, 0.6) is 5.75 Å². The van der Waals surface area contributed by atoms with Crippen LogP contribution >= 0.6 is 0 Å². The predicted octanol–water partition coefficient (Wildman–Crippen LogP) is 2.94. The number of aliphatic carboxylic acids is 1. The zero-order chi connectivity index (χ0) is 15.6. The minimum atomic E-state index is -1.28. The van der Waals surface area contributed by atoms with Crippen molar-refractivity contribution in [2.45, 2.75) is 58.1 Å². The van der Waals surface area contributed by atoms with Gasteiger partial charge in [0.15, 0.2) is 0 Å². The summed E-state index contributed by atoms with van der Waals surface area (Å²) in [6.45, 7) is 9.74. The van der Waals surface area contributed by atoms with E-state index in [2.05, 4.69) is 26.8 Å². The smallest absolute Gasteiger partial charge is 0.323 e. The molecule has 0 aliphatic rings. The lowest BCUT2D eigenvalue weighted by atomic mass is 9.87. The lowest BCUT2D eigenvalue weighted by molar-refractivity contribution is -0.143. The minimum Gasteiger partial charge on any atom is -0.491 e. The largest absolute Gasteiger partial charge is 0.491 e. The number of hydrogen-bond donors (Lipinski definition) is 2. The van der Waals surface area contributed by atoms with Gasteiger partial charge in [-0.25, -0.2) is 0 Å². The van der Waals surface area contributed by atoms with E-state index in [1.807, 2.05) is 25.1 Å². The molecule has 20 heavy (non-hydrogen) atoms. The van der Waals surface area contributed by atoms with Gasteiger partial charge in [0, 0.05) is 6.42 Å². The first kappa shape index (κ1) is 16.5. The predicted molar refractivity (Wildman–Crippen MR) is 80.1 cm³/mol. The Labute approximate surface area is 120 Å². The summed E-state index contributed by atoms with van der Waals surface area (Å²) >= 11 is 0. The summed E-state index contributed by atoms with van der Waals surface area (Å²) in [5, 5.41) is 9.03. The van der Waals surface area contributed by atoms with Crippen LogP contribution in [0.2, 0.25) is 0 Å². The molecule has 0 spiro atoms. The van der Waals surface area contributed by atoms with E-state index in [0.29, 0.717) is 0 Å². The van der Waals surface area contributed by atoms with Gasteiger partial charge in [0.2, 0.25) is 0 Å². The Bertz CT molecular complexity index is 475. The van der Waals surface area contributed by atoms with Crippen molar-refractivity contribution >= 4 is 5.97 Å². The van der Waals surface area contributed by atoms with Gasteiger partial charge in [0.1, 0.15) is 11.3 Å². The number of carbonyl (C=O) groups is 1.